The molecule has 2 aromatic carbocycles. The highest BCUT2D eigenvalue weighted by atomic mass is 79.9. The minimum absolute atomic E-state index is 0.224. The van der Waals surface area contributed by atoms with Crippen molar-refractivity contribution in [3.05, 3.63) is 58.1 Å². The molecule has 0 atom stereocenters. The summed E-state index contributed by atoms with van der Waals surface area (Å²) in [5.41, 5.74) is 1.92. The molecule has 1 fully saturated rings. The van der Waals surface area contributed by atoms with E-state index in [1.165, 1.54) is 0 Å². The number of carbonyl (C=O) groups excluding carboxylic acids is 2. The molecular formula is C19H20BrN3O3. The SMILES string of the molecule is COc1ccc(Br)cc1CNC(=O)c1cccc(NC(=O)NC2CC2)c1. The van der Waals surface area contributed by atoms with Gasteiger partial charge in [-0.05, 0) is 49.2 Å². The number of halogens is 1. The number of methoxy groups -OCH3 is 1. The van der Waals surface area contributed by atoms with Crippen molar-refractivity contribution in [3.63, 3.8) is 0 Å². The van der Waals surface area contributed by atoms with Crippen molar-refractivity contribution in [3.8, 4) is 5.75 Å². The molecule has 1 aliphatic rings. The average Bonchev–Trinajstić information content (AvgIpc) is 3.43. The van der Waals surface area contributed by atoms with Crippen LogP contribution in [-0.4, -0.2) is 25.1 Å². The van der Waals surface area contributed by atoms with Crippen molar-refractivity contribution in [2.45, 2.75) is 25.4 Å². The van der Waals surface area contributed by atoms with Crippen molar-refractivity contribution in [1.29, 1.82) is 0 Å². The molecule has 0 heterocycles. The zero-order chi connectivity index (χ0) is 18.5. The largest absolute Gasteiger partial charge is 0.496 e. The third-order valence-electron chi connectivity index (χ3n) is 3.98. The number of urea groups is 1. The van der Waals surface area contributed by atoms with Gasteiger partial charge < -0.3 is 20.7 Å². The number of carbonyl (C=O) groups is 2. The lowest BCUT2D eigenvalue weighted by molar-refractivity contribution is 0.0950. The molecule has 0 radical (unpaired) electrons. The predicted octanol–water partition coefficient (Wildman–Crippen LogP) is 3.67. The van der Waals surface area contributed by atoms with E-state index in [4.69, 9.17) is 4.74 Å². The van der Waals surface area contributed by atoms with E-state index in [1.54, 1.807) is 31.4 Å². The molecule has 0 aliphatic heterocycles. The lowest BCUT2D eigenvalue weighted by Crippen LogP contribution is -2.30. The van der Waals surface area contributed by atoms with E-state index in [0.717, 1.165) is 22.9 Å². The molecule has 0 bridgehead atoms. The van der Waals surface area contributed by atoms with Crippen LogP contribution in [0.3, 0.4) is 0 Å². The Morgan fingerprint density at radius 1 is 1.19 bits per heavy atom. The molecular weight excluding hydrogens is 398 g/mol. The third-order valence-corrected chi connectivity index (χ3v) is 4.47. The highest BCUT2D eigenvalue weighted by Crippen LogP contribution is 2.23. The van der Waals surface area contributed by atoms with Gasteiger partial charge in [-0.15, -0.1) is 0 Å². The number of hydrogen-bond donors (Lipinski definition) is 3. The van der Waals surface area contributed by atoms with Crippen molar-refractivity contribution in [1.82, 2.24) is 10.6 Å². The first-order chi connectivity index (χ1) is 12.5. The smallest absolute Gasteiger partial charge is 0.319 e. The molecule has 0 saturated heterocycles. The van der Waals surface area contributed by atoms with E-state index in [9.17, 15) is 9.59 Å². The maximum Gasteiger partial charge on any atom is 0.319 e. The first-order valence-corrected chi connectivity index (χ1v) is 9.12. The fourth-order valence-corrected chi connectivity index (χ4v) is 2.89. The molecule has 0 aromatic heterocycles. The van der Waals surface area contributed by atoms with Crippen LogP contribution in [0.5, 0.6) is 5.75 Å². The number of benzene rings is 2. The lowest BCUT2D eigenvalue weighted by Gasteiger charge is -2.11. The fraction of sp³-hybridized carbons (Fsp3) is 0.263. The predicted molar refractivity (Wildman–Crippen MR) is 103 cm³/mol. The molecule has 136 valence electrons. The van der Waals surface area contributed by atoms with E-state index >= 15 is 0 Å². The fourth-order valence-electron chi connectivity index (χ4n) is 2.48. The quantitative estimate of drug-likeness (QED) is 0.670. The molecule has 3 N–H and O–H groups in total. The summed E-state index contributed by atoms with van der Waals surface area (Å²) in [5, 5.41) is 8.47. The highest BCUT2D eigenvalue weighted by Gasteiger charge is 2.23. The van der Waals surface area contributed by atoms with Gasteiger partial charge >= 0.3 is 6.03 Å². The standard InChI is InChI=1S/C19H20BrN3O3/c1-26-17-8-5-14(20)9-13(17)11-21-18(24)12-3-2-4-16(10-12)23-19(25)22-15-6-7-15/h2-5,8-10,15H,6-7,11H2,1H3,(H,21,24)(H2,22,23,25). The van der Waals surface area contributed by atoms with Crippen LogP contribution in [0.4, 0.5) is 10.5 Å². The van der Waals surface area contributed by atoms with Crippen molar-refractivity contribution in [2.24, 2.45) is 0 Å². The van der Waals surface area contributed by atoms with Gasteiger partial charge in [-0.2, -0.15) is 0 Å². The summed E-state index contributed by atoms with van der Waals surface area (Å²) in [6.45, 7) is 0.335. The van der Waals surface area contributed by atoms with E-state index in [1.807, 2.05) is 18.2 Å². The Labute approximate surface area is 160 Å². The van der Waals surface area contributed by atoms with Gasteiger partial charge in [-0.1, -0.05) is 22.0 Å². The second kappa shape index (κ2) is 8.23. The van der Waals surface area contributed by atoms with Crippen molar-refractivity contribution < 1.29 is 14.3 Å². The van der Waals surface area contributed by atoms with Crippen molar-refractivity contribution in [2.75, 3.05) is 12.4 Å². The average molecular weight is 418 g/mol. The Morgan fingerprint density at radius 3 is 2.73 bits per heavy atom. The molecule has 0 unspecified atom stereocenters. The Balaban J connectivity index is 1.61. The second-order valence-electron chi connectivity index (χ2n) is 6.09. The molecule has 1 aliphatic carbocycles. The monoisotopic (exact) mass is 417 g/mol. The normalized spacial score (nSPS) is 13.0. The minimum Gasteiger partial charge on any atom is -0.496 e. The Hall–Kier alpha value is -2.54. The first kappa shape index (κ1) is 18.3. The van der Waals surface area contributed by atoms with Gasteiger partial charge in [0.25, 0.3) is 5.91 Å². The van der Waals surface area contributed by atoms with E-state index < -0.39 is 0 Å². The minimum atomic E-state index is -0.246. The second-order valence-corrected chi connectivity index (χ2v) is 7.01. The maximum absolute atomic E-state index is 12.4. The van der Waals surface area contributed by atoms with Gasteiger partial charge in [0.2, 0.25) is 0 Å². The molecule has 26 heavy (non-hydrogen) atoms. The van der Waals surface area contributed by atoms with Crippen LogP contribution in [0.2, 0.25) is 0 Å². The summed E-state index contributed by atoms with van der Waals surface area (Å²) in [6, 6.07) is 12.5. The number of amides is 3. The number of rotatable bonds is 6. The topological polar surface area (TPSA) is 79.5 Å². The number of ether oxygens (including phenoxy) is 1. The summed E-state index contributed by atoms with van der Waals surface area (Å²) in [6.07, 6.45) is 2.05. The third kappa shape index (κ3) is 4.98. The summed E-state index contributed by atoms with van der Waals surface area (Å²) in [7, 11) is 1.59. The van der Waals surface area contributed by atoms with Crippen LogP contribution in [0.15, 0.2) is 46.9 Å². The van der Waals surface area contributed by atoms with Crippen molar-refractivity contribution >= 4 is 33.6 Å². The number of anilines is 1. The Kier molecular flexibility index (Phi) is 5.78. The molecule has 7 heteroatoms. The number of nitrogens with one attached hydrogen (secondary N) is 3. The van der Waals surface area contributed by atoms with Crippen LogP contribution in [0, 0.1) is 0 Å². The van der Waals surface area contributed by atoms with Gasteiger partial charge in [0.15, 0.2) is 0 Å². The highest BCUT2D eigenvalue weighted by molar-refractivity contribution is 9.10. The first-order valence-electron chi connectivity index (χ1n) is 8.33. The zero-order valence-electron chi connectivity index (χ0n) is 14.3. The van der Waals surface area contributed by atoms with Crippen LogP contribution in [0.25, 0.3) is 0 Å². The van der Waals surface area contributed by atoms with Gasteiger partial charge in [0.05, 0.1) is 7.11 Å². The Bertz CT molecular complexity index is 821. The van der Waals surface area contributed by atoms with Crippen LogP contribution < -0.4 is 20.7 Å². The van der Waals surface area contributed by atoms with Crippen LogP contribution in [0.1, 0.15) is 28.8 Å². The van der Waals surface area contributed by atoms with Crippen LogP contribution >= 0.6 is 15.9 Å². The molecule has 6 nitrogen and oxygen atoms in total. The van der Waals surface area contributed by atoms with Gasteiger partial charge in [0, 0.05) is 33.9 Å². The Morgan fingerprint density at radius 2 is 2.00 bits per heavy atom. The molecule has 1 saturated carbocycles. The van der Waals surface area contributed by atoms with Crippen LogP contribution in [-0.2, 0) is 6.54 Å². The summed E-state index contributed by atoms with van der Waals surface area (Å²) in [4.78, 5) is 24.3. The van der Waals surface area contributed by atoms with E-state index in [2.05, 4.69) is 31.9 Å². The summed E-state index contributed by atoms with van der Waals surface area (Å²) >= 11 is 3.42. The molecule has 3 amide bonds. The molecule has 3 rings (SSSR count). The van der Waals surface area contributed by atoms with Gasteiger partial charge in [-0.3, -0.25) is 4.79 Å². The summed E-state index contributed by atoms with van der Waals surface area (Å²) in [5.74, 6) is 0.485. The summed E-state index contributed by atoms with van der Waals surface area (Å²) < 4.78 is 6.22. The maximum atomic E-state index is 12.4. The van der Waals surface area contributed by atoms with Gasteiger partial charge in [-0.25, -0.2) is 4.79 Å². The van der Waals surface area contributed by atoms with E-state index in [-0.39, 0.29) is 18.0 Å². The van der Waals surface area contributed by atoms with Gasteiger partial charge in [0.1, 0.15) is 5.75 Å². The molecule has 0 spiro atoms. The molecule has 2 aromatic rings. The zero-order valence-corrected chi connectivity index (χ0v) is 15.9. The lowest BCUT2D eigenvalue weighted by atomic mass is 10.1. The van der Waals surface area contributed by atoms with E-state index in [0.29, 0.717) is 23.5 Å². The number of hydrogen-bond acceptors (Lipinski definition) is 3.